The Morgan fingerprint density at radius 3 is 2.81 bits per heavy atom. The number of imidazole rings is 1. The van der Waals surface area contributed by atoms with Crippen LogP contribution in [-0.4, -0.2) is 22.3 Å². The standard InChI is InChI=1S/C22H23N3O2/c1-13-14(2)25-12-17(21(26)23-3)16-9-11-22(27-19(16)20(25)24-13)10-8-15-6-4-5-7-18(15)22/h4-7,12H,8-11H2,1-3H3,(H,23,26). The van der Waals surface area contributed by atoms with E-state index in [-0.39, 0.29) is 11.5 Å². The predicted octanol–water partition coefficient (Wildman–Crippen LogP) is 3.48. The molecule has 5 rings (SSSR count). The van der Waals surface area contributed by atoms with Crippen LogP contribution in [-0.2, 0) is 18.4 Å². The maximum atomic E-state index is 12.6. The number of nitrogens with one attached hydrogen (secondary N) is 1. The second kappa shape index (κ2) is 5.59. The first-order valence-electron chi connectivity index (χ1n) is 9.55. The van der Waals surface area contributed by atoms with Crippen LogP contribution < -0.4 is 10.1 Å². The van der Waals surface area contributed by atoms with E-state index in [1.54, 1.807) is 7.05 Å². The molecule has 1 aliphatic heterocycles. The van der Waals surface area contributed by atoms with Gasteiger partial charge in [-0.05, 0) is 50.7 Å². The summed E-state index contributed by atoms with van der Waals surface area (Å²) in [5, 5.41) is 2.77. The third-order valence-corrected chi connectivity index (χ3v) is 6.30. The van der Waals surface area contributed by atoms with Crippen LogP contribution in [0.1, 0.15) is 51.3 Å². The van der Waals surface area contributed by atoms with E-state index in [1.807, 2.05) is 24.4 Å². The number of pyridine rings is 1. The van der Waals surface area contributed by atoms with Crippen LogP contribution in [0.3, 0.4) is 0 Å². The summed E-state index contributed by atoms with van der Waals surface area (Å²) >= 11 is 0. The molecular weight excluding hydrogens is 338 g/mol. The summed E-state index contributed by atoms with van der Waals surface area (Å²) in [5.41, 5.74) is 6.82. The number of ether oxygens (including phenoxy) is 1. The molecule has 0 saturated heterocycles. The van der Waals surface area contributed by atoms with E-state index < -0.39 is 0 Å². The number of aromatic nitrogens is 2. The summed E-state index contributed by atoms with van der Waals surface area (Å²) in [7, 11) is 1.67. The molecule has 2 aliphatic rings. The molecule has 2 aromatic heterocycles. The predicted molar refractivity (Wildman–Crippen MR) is 103 cm³/mol. The van der Waals surface area contributed by atoms with Gasteiger partial charge in [0.25, 0.3) is 5.91 Å². The molecule has 1 aromatic carbocycles. The van der Waals surface area contributed by atoms with Crippen molar-refractivity contribution >= 4 is 11.6 Å². The quantitative estimate of drug-likeness (QED) is 0.722. The molecule has 0 radical (unpaired) electrons. The number of nitrogens with zero attached hydrogens (tertiary/aromatic N) is 2. The Morgan fingerprint density at radius 1 is 1.22 bits per heavy atom. The molecule has 0 bridgehead atoms. The molecule has 0 fully saturated rings. The fourth-order valence-electron chi connectivity index (χ4n) is 4.69. The van der Waals surface area contributed by atoms with Gasteiger partial charge in [0.1, 0.15) is 5.60 Å². The summed E-state index contributed by atoms with van der Waals surface area (Å²) < 4.78 is 8.76. The molecule has 138 valence electrons. The molecule has 1 atom stereocenters. The maximum absolute atomic E-state index is 12.6. The second-order valence-corrected chi connectivity index (χ2v) is 7.66. The molecule has 5 heteroatoms. The van der Waals surface area contributed by atoms with Crippen molar-refractivity contribution in [3.05, 3.63) is 64.1 Å². The summed E-state index contributed by atoms with van der Waals surface area (Å²) in [5.74, 6) is 0.695. The van der Waals surface area contributed by atoms with Crippen molar-refractivity contribution in [1.29, 1.82) is 0 Å². The van der Waals surface area contributed by atoms with Crippen LogP contribution in [0.2, 0.25) is 0 Å². The maximum Gasteiger partial charge on any atom is 0.252 e. The van der Waals surface area contributed by atoms with Crippen LogP contribution in [0.25, 0.3) is 5.65 Å². The van der Waals surface area contributed by atoms with Gasteiger partial charge in [0.05, 0.1) is 11.3 Å². The molecule has 5 nitrogen and oxygen atoms in total. The number of rotatable bonds is 1. The summed E-state index contributed by atoms with van der Waals surface area (Å²) in [6, 6.07) is 8.57. The zero-order valence-electron chi connectivity index (χ0n) is 15.9. The smallest absolute Gasteiger partial charge is 0.252 e. The summed E-state index contributed by atoms with van der Waals surface area (Å²) in [4.78, 5) is 17.3. The molecule has 27 heavy (non-hydrogen) atoms. The average Bonchev–Trinajstić information content (AvgIpc) is 3.19. The number of carbonyl (C=O) groups is 1. The van der Waals surface area contributed by atoms with E-state index in [0.717, 1.165) is 54.0 Å². The lowest BCUT2D eigenvalue weighted by Crippen LogP contribution is -2.36. The van der Waals surface area contributed by atoms with E-state index >= 15 is 0 Å². The Balaban J connectivity index is 1.75. The van der Waals surface area contributed by atoms with Crippen LogP contribution in [0.4, 0.5) is 0 Å². The highest BCUT2D eigenvalue weighted by molar-refractivity contribution is 5.97. The highest BCUT2D eigenvalue weighted by Crippen LogP contribution is 2.49. The van der Waals surface area contributed by atoms with Gasteiger partial charge in [-0.25, -0.2) is 4.98 Å². The number of benzene rings is 1. The van der Waals surface area contributed by atoms with E-state index in [2.05, 4.69) is 29.6 Å². The van der Waals surface area contributed by atoms with Crippen molar-refractivity contribution in [3.8, 4) is 5.75 Å². The minimum atomic E-state index is -0.306. The number of amides is 1. The Kier molecular flexibility index (Phi) is 3.39. The van der Waals surface area contributed by atoms with Gasteiger partial charge in [0.15, 0.2) is 11.4 Å². The number of aryl methyl sites for hydroxylation is 3. The number of fused-ring (bicyclic) bond motifs is 5. The van der Waals surface area contributed by atoms with Crippen LogP contribution in [0.5, 0.6) is 5.75 Å². The minimum Gasteiger partial charge on any atom is -0.478 e. The molecule has 1 unspecified atom stereocenters. The first kappa shape index (κ1) is 16.4. The van der Waals surface area contributed by atoms with Gasteiger partial charge < -0.3 is 14.5 Å². The lowest BCUT2D eigenvalue weighted by molar-refractivity contribution is 0.0453. The molecule has 1 aliphatic carbocycles. The minimum absolute atomic E-state index is 0.0784. The normalized spacial score (nSPS) is 20.4. The highest BCUT2D eigenvalue weighted by atomic mass is 16.5. The summed E-state index contributed by atoms with van der Waals surface area (Å²) in [6.07, 6.45) is 5.61. The third-order valence-electron chi connectivity index (χ3n) is 6.30. The Hall–Kier alpha value is -2.82. The molecule has 3 heterocycles. The van der Waals surface area contributed by atoms with Gasteiger partial charge in [-0.15, -0.1) is 0 Å². The first-order chi connectivity index (χ1) is 13.0. The Morgan fingerprint density at radius 2 is 2.00 bits per heavy atom. The number of hydrogen-bond acceptors (Lipinski definition) is 3. The van der Waals surface area contributed by atoms with Gasteiger partial charge in [-0.2, -0.15) is 0 Å². The number of hydrogen-bond donors (Lipinski definition) is 1. The molecular formula is C22H23N3O2. The van der Waals surface area contributed by atoms with Crippen LogP contribution in [0.15, 0.2) is 30.5 Å². The third kappa shape index (κ3) is 2.17. The fraction of sp³-hybridized carbons (Fsp3) is 0.364. The molecule has 3 aromatic rings. The van der Waals surface area contributed by atoms with E-state index in [9.17, 15) is 4.79 Å². The van der Waals surface area contributed by atoms with Crippen molar-refractivity contribution < 1.29 is 9.53 Å². The molecule has 1 N–H and O–H groups in total. The zero-order valence-corrected chi connectivity index (χ0v) is 15.9. The van der Waals surface area contributed by atoms with Crippen molar-refractivity contribution in [2.45, 2.75) is 45.1 Å². The molecule has 0 saturated carbocycles. The van der Waals surface area contributed by atoms with Crippen molar-refractivity contribution in [3.63, 3.8) is 0 Å². The monoisotopic (exact) mass is 361 g/mol. The van der Waals surface area contributed by atoms with E-state index in [0.29, 0.717) is 5.56 Å². The van der Waals surface area contributed by atoms with Gasteiger partial charge in [0.2, 0.25) is 0 Å². The Bertz CT molecular complexity index is 1100. The van der Waals surface area contributed by atoms with Gasteiger partial charge in [-0.3, -0.25) is 4.79 Å². The lowest BCUT2D eigenvalue weighted by Gasteiger charge is -2.37. The summed E-state index contributed by atoms with van der Waals surface area (Å²) in [6.45, 7) is 4.02. The molecule has 1 amide bonds. The van der Waals surface area contributed by atoms with E-state index in [1.165, 1.54) is 11.1 Å². The second-order valence-electron chi connectivity index (χ2n) is 7.66. The van der Waals surface area contributed by atoms with Crippen molar-refractivity contribution in [2.75, 3.05) is 7.05 Å². The van der Waals surface area contributed by atoms with Crippen LogP contribution in [0, 0.1) is 13.8 Å². The topological polar surface area (TPSA) is 55.6 Å². The van der Waals surface area contributed by atoms with Gasteiger partial charge in [0, 0.05) is 24.5 Å². The SMILES string of the molecule is CNC(=O)c1cn2c(C)c(C)nc2c2c1CCC1(CCc3ccccc31)O2. The van der Waals surface area contributed by atoms with Gasteiger partial charge in [-0.1, -0.05) is 24.3 Å². The largest absolute Gasteiger partial charge is 0.478 e. The fourth-order valence-corrected chi connectivity index (χ4v) is 4.69. The van der Waals surface area contributed by atoms with Crippen LogP contribution >= 0.6 is 0 Å². The molecule has 1 spiro atoms. The first-order valence-corrected chi connectivity index (χ1v) is 9.55. The zero-order chi connectivity index (χ0) is 18.8. The lowest BCUT2D eigenvalue weighted by atomic mass is 9.85. The Labute approximate surface area is 158 Å². The van der Waals surface area contributed by atoms with Crippen molar-refractivity contribution in [1.82, 2.24) is 14.7 Å². The van der Waals surface area contributed by atoms with Crippen molar-refractivity contribution in [2.24, 2.45) is 0 Å². The van der Waals surface area contributed by atoms with E-state index in [4.69, 9.17) is 9.72 Å². The number of carbonyl (C=O) groups excluding carboxylic acids is 1. The van der Waals surface area contributed by atoms with Gasteiger partial charge >= 0.3 is 0 Å². The highest BCUT2D eigenvalue weighted by Gasteiger charge is 2.44. The average molecular weight is 361 g/mol.